The Balaban J connectivity index is 1.68. The quantitative estimate of drug-likeness (QED) is 0.300. The van der Waals surface area contributed by atoms with Gasteiger partial charge < -0.3 is 16.0 Å². The van der Waals surface area contributed by atoms with Gasteiger partial charge in [0.2, 0.25) is 5.91 Å². The van der Waals surface area contributed by atoms with Gasteiger partial charge in [0.15, 0.2) is 0 Å². The zero-order chi connectivity index (χ0) is 20.3. The lowest BCUT2D eigenvalue weighted by atomic mass is 10.1. The number of nitrogens with zero attached hydrogens (tertiary/aromatic N) is 2. The Labute approximate surface area is 160 Å². The summed E-state index contributed by atoms with van der Waals surface area (Å²) in [6, 6.07) is 11.9. The Hall–Kier alpha value is -3.75. The van der Waals surface area contributed by atoms with Gasteiger partial charge in [0.05, 0.1) is 4.92 Å². The molecular weight excluding hydrogens is 362 g/mol. The number of hydrogen-bond donors (Lipinski definition) is 3. The lowest BCUT2D eigenvalue weighted by Gasteiger charge is -2.17. The van der Waals surface area contributed by atoms with Crippen LogP contribution < -0.4 is 11.1 Å². The van der Waals surface area contributed by atoms with Gasteiger partial charge in [-0.3, -0.25) is 25.1 Å². The molecule has 0 spiro atoms. The number of nitrogens with one attached hydrogen (secondary N) is 2. The van der Waals surface area contributed by atoms with Crippen LogP contribution in [0.5, 0.6) is 0 Å². The molecule has 1 aliphatic heterocycles. The second-order valence-corrected chi connectivity index (χ2v) is 6.46. The summed E-state index contributed by atoms with van der Waals surface area (Å²) in [5, 5.41) is 21.2. The molecule has 0 radical (unpaired) electrons. The van der Waals surface area contributed by atoms with E-state index >= 15 is 0 Å². The number of para-hydroxylation sites is 1. The molecule has 0 bridgehead atoms. The summed E-state index contributed by atoms with van der Waals surface area (Å²) in [7, 11) is 0. The molecule has 144 valence electrons. The van der Waals surface area contributed by atoms with Gasteiger partial charge in [0.1, 0.15) is 17.4 Å². The molecule has 1 atom stereocenters. The molecule has 1 fully saturated rings. The van der Waals surface area contributed by atoms with E-state index in [0.717, 1.165) is 5.56 Å². The maximum Gasteiger partial charge on any atom is 0.282 e. The van der Waals surface area contributed by atoms with E-state index in [1.54, 1.807) is 23.1 Å². The van der Waals surface area contributed by atoms with Gasteiger partial charge in [0.25, 0.3) is 11.6 Å². The smallest absolute Gasteiger partial charge is 0.282 e. The third kappa shape index (κ3) is 3.98. The Morgan fingerprint density at radius 2 is 2.04 bits per heavy atom. The second kappa shape index (κ2) is 7.87. The van der Waals surface area contributed by atoms with E-state index in [-0.39, 0.29) is 23.0 Å². The first-order chi connectivity index (χ1) is 13.4. The number of nitrogen functional groups attached to an aromatic ring is 1. The molecule has 28 heavy (non-hydrogen) atoms. The van der Waals surface area contributed by atoms with E-state index < -0.39 is 16.9 Å². The summed E-state index contributed by atoms with van der Waals surface area (Å²) in [5.74, 6) is -0.949. The highest BCUT2D eigenvalue weighted by Gasteiger charge is 2.34. The van der Waals surface area contributed by atoms with Crippen LogP contribution in [0.15, 0.2) is 48.5 Å². The van der Waals surface area contributed by atoms with Crippen molar-refractivity contribution < 1.29 is 14.5 Å². The van der Waals surface area contributed by atoms with Crippen molar-refractivity contribution in [2.24, 2.45) is 5.73 Å². The summed E-state index contributed by atoms with van der Waals surface area (Å²) in [4.78, 5) is 37.1. The van der Waals surface area contributed by atoms with Crippen LogP contribution in [0, 0.1) is 15.5 Å². The summed E-state index contributed by atoms with van der Waals surface area (Å²) in [6.45, 7) is 0.781. The van der Waals surface area contributed by atoms with Crippen LogP contribution >= 0.6 is 0 Å². The molecule has 2 aromatic rings. The van der Waals surface area contributed by atoms with Gasteiger partial charge in [-0.25, -0.2) is 0 Å². The Bertz CT molecular complexity index is 959. The molecule has 2 amide bonds. The van der Waals surface area contributed by atoms with Crippen LogP contribution in [0.25, 0.3) is 0 Å². The number of carbonyl (C=O) groups excluding carboxylic acids is 2. The van der Waals surface area contributed by atoms with Crippen LogP contribution in [-0.2, 0) is 11.3 Å². The molecule has 0 aliphatic carbocycles. The van der Waals surface area contributed by atoms with Crippen LogP contribution in [0.3, 0.4) is 0 Å². The minimum absolute atomic E-state index is 0.0517. The van der Waals surface area contributed by atoms with E-state index in [1.165, 1.54) is 24.3 Å². The molecule has 1 saturated heterocycles. The monoisotopic (exact) mass is 381 g/mol. The minimum atomic E-state index is -0.733. The minimum Gasteiger partial charge on any atom is -0.384 e. The Morgan fingerprint density at radius 1 is 1.29 bits per heavy atom. The van der Waals surface area contributed by atoms with E-state index in [0.29, 0.717) is 25.1 Å². The SMILES string of the molecule is N=C(N)c1cccc(CN2CC[C@H](NC(=O)c3ccccc3[N+](=O)[O-])C2=O)c1. The normalized spacial score (nSPS) is 16.1. The van der Waals surface area contributed by atoms with Crippen molar-refractivity contribution in [3.63, 3.8) is 0 Å². The number of likely N-dealkylation sites (tertiary alicyclic amines) is 1. The van der Waals surface area contributed by atoms with Crippen molar-refractivity contribution in [1.82, 2.24) is 10.2 Å². The molecule has 3 rings (SSSR count). The van der Waals surface area contributed by atoms with Crippen molar-refractivity contribution in [3.05, 3.63) is 75.3 Å². The highest BCUT2D eigenvalue weighted by Crippen LogP contribution is 2.20. The molecule has 2 aromatic carbocycles. The van der Waals surface area contributed by atoms with Gasteiger partial charge >= 0.3 is 0 Å². The average Bonchev–Trinajstić information content (AvgIpc) is 3.01. The highest BCUT2D eigenvalue weighted by atomic mass is 16.6. The van der Waals surface area contributed by atoms with E-state index in [9.17, 15) is 19.7 Å². The van der Waals surface area contributed by atoms with Crippen molar-refractivity contribution in [1.29, 1.82) is 5.41 Å². The fraction of sp³-hybridized carbons (Fsp3) is 0.211. The summed E-state index contributed by atoms with van der Waals surface area (Å²) in [6.07, 6.45) is 0.414. The predicted molar refractivity (Wildman–Crippen MR) is 102 cm³/mol. The lowest BCUT2D eigenvalue weighted by Crippen LogP contribution is -2.41. The fourth-order valence-electron chi connectivity index (χ4n) is 3.15. The second-order valence-electron chi connectivity index (χ2n) is 6.46. The molecule has 9 heteroatoms. The Morgan fingerprint density at radius 3 is 2.75 bits per heavy atom. The first-order valence-electron chi connectivity index (χ1n) is 8.63. The number of nitro benzene ring substituents is 1. The van der Waals surface area contributed by atoms with E-state index in [2.05, 4.69) is 5.32 Å². The number of amidine groups is 1. The summed E-state index contributed by atoms with van der Waals surface area (Å²) >= 11 is 0. The molecule has 1 heterocycles. The van der Waals surface area contributed by atoms with Crippen molar-refractivity contribution in [2.75, 3.05) is 6.54 Å². The van der Waals surface area contributed by atoms with Crippen LogP contribution in [-0.4, -0.2) is 40.1 Å². The number of carbonyl (C=O) groups is 2. The first-order valence-corrected chi connectivity index (χ1v) is 8.63. The van der Waals surface area contributed by atoms with Crippen molar-refractivity contribution >= 4 is 23.3 Å². The number of hydrogen-bond acceptors (Lipinski definition) is 5. The summed E-state index contributed by atoms with van der Waals surface area (Å²) < 4.78 is 0. The third-order valence-electron chi connectivity index (χ3n) is 4.56. The third-order valence-corrected chi connectivity index (χ3v) is 4.56. The molecule has 0 saturated carbocycles. The number of nitro groups is 1. The van der Waals surface area contributed by atoms with Gasteiger partial charge in [0, 0.05) is 24.7 Å². The first kappa shape index (κ1) is 19.0. The molecule has 9 nitrogen and oxygen atoms in total. The van der Waals surface area contributed by atoms with Gasteiger partial charge in [-0.1, -0.05) is 30.3 Å². The van der Waals surface area contributed by atoms with E-state index in [4.69, 9.17) is 11.1 Å². The maximum atomic E-state index is 12.6. The van der Waals surface area contributed by atoms with Gasteiger partial charge in [-0.15, -0.1) is 0 Å². The Kier molecular flexibility index (Phi) is 5.35. The largest absolute Gasteiger partial charge is 0.384 e. The van der Waals surface area contributed by atoms with Crippen molar-refractivity contribution in [2.45, 2.75) is 19.0 Å². The number of rotatable bonds is 6. The molecule has 4 N–H and O–H groups in total. The molecule has 0 aromatic heterocycles. The van der Waals surface area contributed by atoms with Crippen LogP contribution in [0.2, 0.25) is 0 Å². The summed E-state index contributed by atoms with van der Waals surface area (Å²) in [5.41, 5.74) is 6.51. The standard InChI is InChI=1S/C19H19N5O4/c20-17(21)13-5-3-4-12(10-13)11-23-9-8-15(19(23)26)22-18(25)14-6-1-2-7-16(14)24(27)28/h1-7,10,15H,8-9,11H2,(H3,20,21)(H,22,25)/t15-/m0/s1. The van der Waals surface area contributed by atoms with Gasteiger partial charge in [-0.05, 0) is 24.1 Å². The van der Waals surface area contributed by atoms with Crippen molar-refractivity contribution in [3.8, 4) is 0 Å². The number of amides is 2. The molecular formula is C19H19N5O4. The molecule has 1 aliphatic rings. The maximum absolute atomic E-state index is 12.6. The lowest BCUT2D eigenvalue weighted by molar-refractivity contribution is -0.385. The number of nitrogens with two attached hydrogens (primary N) is 1. The van der Waals surface area contributed by atoms with Gasteiger partial charge in [-0.2, -0.15) is 0 Å². The highest BCUT2D eigenvalue weighted by molar-refractivity contribution is 6.01. The van der Waals surface area contributed by atoms with Crippen LogP contribution in [0.1, 0.15) is 27.9 Å². The topological polar surface area (TPSA) is 142 Å². The van der Waals surface area contributed by atoms with Crippen LogP contribution in [0.4, 0.5) is 5.69 Å². The molecule has 0 unspecified atom stereocenters. The zero-order valence-electron chi connectivity index (χ0n) is 14.9. The van der Waals surface area contributed by atoms with E-state index in [1.807, 2.05) is 6.07 Å². The zero-order valence-corrected chi connectivity index (χ0v) is 14.9. The fourth-order valence-corrected chi connectivity index (χ4v) is 3.15. The predicted octanol–water partition coefficient (Wildman–Crippen LogP) is 1.41. The number of benzene rings is 2. The average molecular weight is 381 g/mol.